The Morgan fingerprint density at radius 1 is 0.762 bits per heavy atom. The molecule has 1 aliphatic carbocycles. The zero-order valence-electron chi connectivity index (χ0n) is 9.40. The molecule has 0 aromatic carbocycles. The zero-order chi connectivity index (χ0) is 17.3. The van der Waals surface area contributed by atoms with Crippen molar-refractivity contribution in [1.29, 1.82) is 0 Å². The molecule has 0 aromatic heterocycles. The maximum atomic E-state index is 13.7. The van der Waals surface area contributed by atoms with E-state index in [1.165, 1.54) is 0 Å². The Morgan fingerprint density at radius 2 is 1.10 bits per heavy atom. The molecule has 1 aliphatic rings. The van der Waals surface area contributed by atoms with Crippen molar-refractivity contribution in [1.82, 2.24) is 0 Å². The van der Waals surface area contributed by atoms with Crippen molar-refractivity contribution in [3.05, 3.63) is 0 Å². The van der Waals surface area contributed by atoms with E-state index in [2.05, 4.69) is 0 Å². The summed E-state index contributed by atoms with van der Waals surface area (Å²) in [5.74, 6) is -13.1. The highest BCUT2D eigenvalue weighted by atomic mass is 31.0. The molecule has 0 nitrogen and oxygen atoms in total. The molecule has 1 fully saturated rings. The molecule has 13 heteroatoms. The number of hydrogen-bond acceptors (Lipinski definition) is 0. The predicted octanol–water partition coefficient (Wildman–Crippen LogP) is 4.30. The molecule has 1 saturated carbocycles. The molecule has 4 unspecified atom stereocenters. The second-order valence-electron chi connectivity index (χ2n) is 4.39. The van der Waals surface area contributed by atoms with Crippen LogP contribution in [0.4, 0.5) is 52.7 Å². The molecule has 126 valence electrons. The summed E-state index contributed by atoms with van der Waals surface area (Å²) in [6.07, 6.45) is -19.9. The maximum Gasteiger partial charge on any atom is 0.456 e. The van der Waals surface area contributed by atoms with Gasteiger partial charge in [-0.15, -0.1) is 9.24 Å². The van der Waals surface area contributed by atoms with E-state index < -0.39 is 47.6 Å². The summed E-state index contributed by atoms with van der Waals surface area (Å²) in [7, 11) is 0.936. The highest BCUT2D eigenvalue weighted by Gasteiger charge is 3.02. The van der Waals surface area contributed by atoms with Gasteiger partial charge < -0.3 is 0 Å². The Bertz CT molecular complexity index is 424. The monoisotopic (exact) mass is 360 g/mol. The molecule has 1 rings (SSSR count). The van der Waals surface area contributed by atoms with Crippen molar-refractivity contribution in [2.24, 2.45) is 5.41 Å². The van der Waals surface area contributed by atoms with E-state index in [0.717, 1.165) is 9.24 Å². The van der Waals surface area contributed by atoms with Crippen LogP contribution in [-0.4, -0.2) is 42.2 Å². The molecular formula is C8H5F12P. The standard InChI is InChI=1S/C8H5F12P/c9-2-3(1-21,5(11,12)7(15,16)17)4(2,10)6(13,14)8(18,19)20/h2H,1,21H2. The van der Waals surface area contributed by atoms with Gasteiger partial charge in [-0.1, -0.05) is 0 Å². The van der Waals surface area contributed by atoms with Gasteiger partial charge >= 0.3 is 24.2 Å². The molecule has 0 amide bonds. The molecule has 0 radical (unpaired) electrons. The first-order valence-corrected chi connectivity index (χ1v) is 5.70. The Kier molecular flexibility index (Phi) is 3.83. The van der Waals surface area contributed by atoms with Crippen molar-refractivity contribution in [2.75, 3.05) is 6.16 Å². The van der Waals surface area contributed by atoms with Crippen molar-refractivity contribution in [3.63, 3.8) is 0 Å². The minimum Gasteiger partial charge on any atom is -0.243 e. The van der Waals surface area contributed by atoms with Crippen molar-refractivity contribution < 1.29 is 52.7 Å². The maximum absolute atomic E-state index is 13.7. The number of hydrogen-bond donors (Lipinski definition) is 0. The minimum absolute atomic E-state index is 0.936. The molecule has 4 atom stereocenters. The van der Waals surface area contributed by atoms with Crippen molar-refractivity contribution in [3.8, 4) is 0 Å². The molecule has 0 spiro atoms. The summed E-state index contributed by atoms with van der Waals surface area (Å²) in [4.78, 5) is 0. The molecule has 0 heterocycles. The van der Waals surface area contributed by atoms with Gasteiger partial charge in [0.25, 0.3) is 0 Å². The third kappa shape index (κ3) is 1.83. The fourth-order valence-corrected chi connectivity index (χ4v) is 2.88. The third-order valence-electron chi connectivity index (χ3n) is 3.40. The van der Waals surface area contributed by atoms with Crippen molar-refractivity contribution in [2.45, 2.75) is 36.0 Å². The average molecular weight is 360 g/mol. The molecule has 21 heavy (non-hydrogen) atoms. The van der Waals surface area contributed by atoms with E-state index in [1.807, 2.05) is 0 Å². The average Bonchev–Trinajstić information content (AvgIpc) is 2.76. The zero-order valence-corrected chi connectivity index (χ0v) is 10.6. The molecule has 0 aliphatic heterocycles. The summed E-state index contributed by atoms with van der Waals surface area (Å²) < 4.78 is 151. The van der Waals surface area contributed by atoms with E-state index >= 15 is 0 Å². The van der Waals surface area contributed by atoms with Gasteiger partial charge in [0.05, 0.1) is 0 Å². The van der Waals surface area contributed by atoms with Crippen LogP contribution < -0.4 is 0 Å². The Morgan fingerprint density at radius 3 is 1.33 bits per heavy atom. The van der Waals surface area contributed by atoms with Crippen LogP contribution in [0.3, 0.4) is 0 Å². The Balaban J connectivity index is 3.51. The highest BCUT2D eigenvalue weighted by Crippen LogP contribution is 2.77. The first-order valence-electron chi connectivity index (χ1n) is 4.89. The first kappa shape index (κ1) is 18.6. The number of rotatable bonds is 3. The summed E-state index contributed by atoms with van der Waals surface area (Å²) >= 11 is 0. The van der Waals surface area contributed by atoms with E-state index in [-0.39, 0.29) is 0 Å². The van der Waals surface area contributed by atoms with Gasteiger partial charge in [-0.05, 0) is 6.16 Å². The van der Waals surface area contributed by atoms with Gasteiger partial charge in [-0.2, -0.15) is 43.9 Å². The van der Waals surface area contributed by atoms with Gasteiger partial charge in [-0.25, -0.2) is 8.78 Å². The first-order chi connectivity index (χ1) is 8.97. The third-order valence-corrected chi connectivity index (χ3v) is 4.04. The van der Waals surface area contributed by atoms with Crippen LogP contribution in [-0.2, 0) is 0 Å². The normalized spacial score (nSPS) is 35.0. The van der Waals surface area contributed by atoms with Crippen LogP contribution in [0.15, 0.2) is 0 Å². The molecule has 0 aromatic rings. The van der Waals surface area contributed by atoms with Crippen LogP contribution in [0.1, 0.15) is 0 Å². The molecular weight excluding hydrogens is 355 g/mol. The molecule has 0 bridgehead atoms. The lowest BCUT2D eigenvalue weighted by molar-refractivity contribution is -0.343. The lowest BCUT2D eigenvalue weighted by atomic mass is 9.92. The lowest BCUT2D eigenvalue weighted by Gasteiger charge is -2.32. The highest BCUT2D eigenvalue weighted by molar-refractivity contribution is 7.16. The minimum atomic E-state index is -6.84. The Hall–Kier alpha value is -0.410. The number of halogens is 12. The summed E-state index contributed by atoms with van der Waals surface area (Å²) in [6.45, 7) is 0. The smallest absolute Gasteiger partial charge is 0.243 e. The summed E-state index contributed by atoms with van der Waals surface area (Å²) in [5.41, 5.74) is -10.6. The quantitative estimate of drug-likeness (QED) is 0.520. The van der Waals surface area contributed by atoms with Gasteiger partial charge in [0.2, 0.25) is 5.67 Å². The van der Waals surface area contributed by atoms with Crippen LogP contribution in [0, 0.1) is 5.41 Å². The van der Waals surface area contributed by atoms with Gasteiger partial charge in [0.1, 0.15) is 5.41 Å². The summed E-state index contributed by atoms with van der Waals surface area (Å²) in [5, 5.41) is 0. The van der Waals surface area contributed by atoms with E-state index in [1.54, 1.807) is 0 Å². The lowest BCUT2D eigenvalue weighted by Crippen LogP contribution is -2.56. The fourth-order valence-electron chi connectivity index (χ4n) is 2.11. The van der Waals surface area contributed by atoms with Crippen LogP contribution in [0.5, 0.6) is 0 Å². The van der Waals surface area contributed by atoms with Crippen LogP contribution in [0.2, 0.25) is 0 Å². The Labute approximate surface area is 111 Å². The van der Waals surface area contributed by atoms with E-state index in [9.17, 15) is 52.7 Å². The van der Waals surface area contributed by atoms with E-state index in [4.69, 9.17) is 0 Å². The second kappa shape index (κ2) is 4.32. The van der Waals surface area contributed by atoms with E-state index in [0.29, 0.717) is 0 Å². The van der Waals surface area contributed by atoms with Gasteiger partial charge in [0.15, 0.2) is 6.17 Å². The summed E-state index contributed by atoms with van der Waals surface area (Å²) in [6, 6.07) is 0. The number of alkyl halides is 12. The van der Waals surface area contributed by atoms with Crippen molar-refractivity contribution >= 4 is 9.24 Å². The van der Waals surface area contributed by atoms with Crippen LogP contribution >= 0.6 is 9.24 Å². The largest absolute Gasteiger partial charge is 0.456 e. The van der Waals surface area contributed by atoms with Crippen LogP contribution in [0.25, 0.3) is 0 Å². The topological polar surface area (TPSA) is 0 Å². The molecule has 0 N–H and O–H groups in total. The second-order valence-corrected chi connectivity index (χ2v) is 4.80. The fraction of sp³-hybridized carbons (Fsp3) is 1.00. The van der Waals surface area contributed by atoms with Gasteiger partial charge in [-0.3, -0.25) is 0 Å². The SMILES string of the molecule is FC1C(F)(C(F)(F)C(F)(F)F)C1(CP)C(F)(F)C(F)(F)F. The predicted molar refractivity (Wildman–Crippen MR) is 47.7 cm³/mol. The van der Waals surface area contributed by atoms with Gasteiger partial charge in [0, 0.05) is 0 Å². The molecule has 0 saturated heterocycles.